The Labute approximate surface area is 190 Å². The van der Waals surface area contributed by atoms with E-state index in [2.05, 4.69) is 5.43 Å². The Hall–Kier alpha value is -2.59. The monoisotopic (exact) mass is 482 g/mol. The molecule has 7 nitrogen and oxygen atoms in total. The van der Waals surface area contributed by atoms with Gasteiger partial charge >= 0.3 is 5.97 Å². The summed E-state index contributed by atoms with van der Waals surface area (Å²) in [5.74, 6) is -1.79. The van der Waals surface area contributed by atoms with Gasteiger partial charge in [0.2, 0.25) is 0 Å². The van der Waals surface area contributed by atoms with E-state index in [1.54, 1.807) is 30.3 Å². The molecule has 30 heavy (non-hydrogen) atoms. The number of rotatable bonds is 6. The van der Waals surface area contributed by atoms with Crippen molar-refractivity contribution in [1.82, 2.24) is 10.4 Å². The molecule has 0 radical (unpaired) electrons. The molecule has 0 spiro atoms. The molecule has 0 aromatic heterocycles. The zero-order valence-electron chi connectivity index (χ0n) is 14.9. The standard InChI is InChI=1S/C19H12Cl2N2O5S2/c20-11-3-6-13(14(21)8-11)17(26)22-23-18(27)15(30-19(23)29)7-10-1-4-12(5-2-10)28-9-16(24)25/h1-8H,9H2,(H,22,26)(H,24,25)/b15-7+. The number of aliphatic carboxylic acids is 1. The highest BCUT2D eigenvalue weighted by atomic mass is 35.5. The first-order valence-electron chi connectivity index (χ1n) is 8.23. The van der Waals surface area contributed by atoms with Gasteiger partial charge in [0.25, 0.3) is 11.8 Å². The van der Waals surface area contributed by atoms with Crippen LogP contribution in [-0.2, 0) is 9.59 Å². The van der Waals surface area contributed by atoms with Crippen molar-refractivity contribution in [3.63, 3.8) is 0 Å². The molecular formula is C19H12Cl2N2O5S2. The zero-order valence-corrected chi connectivity index (χ0v) is 18.1. The Kier molecular flexibility index (Phi) is 6.99. The number of carbonyl (C=O) groups excluding carboxylic acids is 2. The Morgan fingerprint density at radius 3 is 2.53 bits per heavy atom. The van der Waals surface area contributed by atoms with Crippen LogP contribution >= 0.6 is 47.2 Å². The van der Waals surface area contributed by atoms with Gasteiger partial charge in [0.05, 0.1) is 15.5 Å². The average molecular weight is 483 g/mol. The topological polar surface area (TPSA) is 95.9 Å². The molecule has 2 aromatic rings. The summed E-state index contributed by atoms with van der Waals surface area (Å²) in [4.78, 5) is 36.0. The van der Waals surface area contributed by atoms with Crippen LogP contribution in [0.2, 0.25) is 10.0 Å². The van der Waals surface area contributed by atoms with Gasteiger partial charge in [-0.25, -0.2) is 4.79 Å². The van der Waals surface area contributed by atoms with E-state index in [4.69, 9.17) is 45.3 Å². The van der Waals surface area contributed by atoms with Gasteiger partial charge in [0, 0.05) is 5.02 Å². The average Bonchev–Trinajstić information content (AvgIpc) is 2.94. The Balaban J connectivity index is 1.71. The number of halogens is 2. The van der Waals surface area contributed by atoms with Crippen LogP contribution in [0.1, 0.15) is 15.9 Å². The van der Waals surface area contributed by atoms with Crippen LogP contribution in [0.5, 0.6) is 5.75 Å². The van der Waals surface area contributed by atoms with Gasteiger partial charge in [-0.15, -0.1) is 0 Å². The molecule has 0 bridgehead atoms. The van der Waals surface area contributed by atoms with Crippen LogP contribution in [0.25, 0.3) is 6.08 Å². The maximum atomic E-state index is 12.7. The molecule has 1 aliphatic heterocycles. The van der Waals surface area contributed by atoms with E-state index in [0.717, 1.165) is 16.8 Å². The van der Waals surface area contributed by atoms with Crippen molar-refractivity contribution in [1.29, 1.82) is 0 Å². The van der Waals surface area contributed by atoms with Crippen molar-refractivity contribution in [2.45, 2.75) is 0 Å². The fourth-order valence-corrected chi connectivity index (χ4v) is 4.03. The van der Waals surface area contributed by atoms with Crippen LogP contribution in [0.15, 0.2) is 47.4 Å². The quantitative estimate of drug-likeness (QED) is 0.474. The number of nitrogens with zero attached hydrogens (tertiary/aromatic N) is 1. The third-order valence-electron chi connectivity index (χ3n) is 3.72. The number of thiocarbonyl (C=S) groups is 1. The minimum Gasteiger partial charge on any atom is -0.482 e. The van der Waals surface area contributed by atoms with Gasteiger partial charge in [-0.05, 0) is 54.2 Å². The van der Waals surface area contributed by atoms with Crippen molar-refractivity contribution < 1.29 is 24.2 Å². The Morgan fingerprint density at radius 2 is 1.90 bits per heavy atom. The number of carboxylic acids is 1. The first-order chi connectivity index (χ1) is 14.2. The van der Waals surface area contributed by atoms with E-state index in [1.807, 2.05) is 0 Å². The lowest BCUT2D eigenvalue weighted by Gasteiger charge is -2.16. The summed E-state index contributed by atoms with van der Waals surface area (Å²) < 4.78 is 5.22. The molecule has 0 saturated carbocycles. The fraction of sp³-hybridized carbons (Fsp3) is 0.0526. The van der Waals surface area contributed by atoms with Gasteiger partial charge in [-0.1, -0.05) is 47.1 Å². The molecule has 0 atom stereocenters. The van der Waals surface area contributed by atoms with Gasteiger partial charge < -0.3 is 9.84 Å². The first kappa shape index (κ1) is 22.1. The van der Waals surface area contributed by atoms with E-state index in [9.17, 15) is 14.4 Å². The van der Waals surface area contributed by atoms with E-state index < -0.39 is 24.4 Å². The number of benzene rings is 2. The summed E-state index contributed by atoms with van der Waals surface area (Å²) in [6, 6.07) is 10.9. The molecule has 2 N–H and O–H groups in total. The maximum absolute atomic E-state index is 12.7. The number of carboxylic acid groups (broad SMARTS) is 1. The molecule has 154 valence electrons. The normalized spacial score (nSPS) is 14.9. The summed E-state index contributed by atoms with van der Waals surface area (Å²) in [7, 11) is 0. The highest BCUT2D eigenvalue weighted by Gasteiger charge is 2.34. The number of nitrogens with one attached hydrogen (secondary N) is 1. The molecular weight excluding hydrogens is 471 g/mol. The largest absolute Gasteiger partial charge is 0.482 e. The Morgan fingerprint density at radius 1 is 1.20 bits per heavy atom. The molecule has 11 heteroatoms. The highest BCUT2D eigenvalue weighted by molar-refractivity contribution is 8.26. The summed E-state index contributed by atoms with van der Waals surface area (Å²) in [6.07, 6.45) is 1.60. The predicted octanol–water partition coefficient (Wildman–Crippen LogP) is 4.00. The second-order valence-corrected chi connectivity index (χ2v) is 8.35. The molecule has 1 heterocycles. The lowest BCUT2D eigenvalue weighted by Crippen LogP contribution is -2.44. The number of thioether (sulfide) groups is 1. The third kappa shape index (κ3) is 5.31. The van der Waals surface area contributed by atoms with Gasteiger partial charge in [-0.2, -0.15) is 5.01 Å². The second-order valence-electron chi connectivity index (χ2n) is 5.83. The lowest BCUT2D eigenvalue weighted by atomic mass is 10.2. The van der Waals surface area contributed by atoms with Crippen LogP contribution in [0.4, 0.5) is 0 Å². The molecule has 1 fully saturated rings. The minimum absolute atomic E-state index is 0.145. The third-order valence-corrected chi connectivity index (χ3v) is 5.57. The summed E-state index contributed by atoms with van der Waals surface area (Å²) in [6.45, 7) is -0.449. The van der Waals surface area contributed by atoms with Crippen LogP contribution in [0.3, 0.4) is 0 Å². The molecule has 2 aromatic carbocycles. The van der Waals surface area contributed by atoms with E-state index in [1.165, 1.54) is 18.2 Å². The number of hydrazine groups is 1. The number of ether oxygens (including phenoxy) is 1. The molecule has 3 rings (SSSR count). The fourth-order valence-electron chi connectivity index (χ4n) is 2.36. The molecule has 1 aliphatic rings. The SMILES string of the molecule is O=C(O)COc1ccc(/C=C2/SC(=S)N(NC(=O)c3ccc(Cl)cc3Cl)C2=O)cc1. The van der Waals surface area contributed by atoms with Gasteiger partial charge in [-0.3, -0.25) is 15.0 Å². The van der Waals surface area contributed by atoms with E-state index in [0.29, 0.717) is 21.2 Å². The second kappa shape index (κ2) is 9.48. The van der Waals surface area contributed by atoms with Crippen molar-refractivity contribution in [2.75, 3.05) is 6.61 Å². The van der Waals surface area contributed by atoms with Crippen LogP contribution in [0, 0.1) is 0 Å². The van der Waals surface area contributed by atoms with E-state index >= 15 is 0 Å². The van der Waals surface area contributed by atoms with Crippen molar-refractivity contribution in [3.05, 3.63) is 68.5 Å². The van der Waals surface area contributed by atoms with Crippen molar-refractivity contribution in [3.8, 4) is 5.75 Å². The molecule has 1 saturated heterocycles. The Bertz CT molecular complexity index is 1070. The molecule has 0 aliphatic carbocycles. The van der Waals surface area contributed by atoms with E-state index in [-0.39, 0.29) is 14.9 Å². The van der Waals surface area contributed by atoms with Crippen LogP contribution in [-0.4, -0.2) is 38.8 Å². The van der Waals surface area contributed by atoms with Crippen molar-refractivity contribution in [2.24, 2.45) is 0 Å². The first-order valence-corrected chi connectivity index (χ1v) is 10.2. The predicted molar refractivity (Wildman–Crippen MR) is 119 cm³/mol. The summed E-state index contributed by atoms with van der Waals surface area (Å²) in [5.41, 5.74) is 3.27. The number of hydrogen-bond acceptors (Lipinski definition) is 6. The maximum Gasteiger partial charge on any atom is 0.341 e. The zero-order chi connectivity index (χ0) is 21.8. The van der Waals surface area contributed by atoms with Gasteiger partial charge in [0.15, 0.2) is 10.9 Å². The minimum atomic E-state index is -1.08. The summed E-state index contributed by atoms with van der Waals surface area (Å²) in [5, 5.41) is 10.1. The molecule has 2 amide bonds. The number of carbonyl (C=O) groups is 3. The van der Waals surface area contributed by atoms with Crippen molar-refractivity contribution >= 4 is 75.4 Å². The van der Waals surface area contributed by atoms with Crippen LogP contribution < -0.4 is 10.2 Å². The highest BCUT2D eigenvalue weighted by Crippen LogP contribution is 2.32. The smallest absolute Gasteiger partial charge is 0.341 e. The number of amides is 2. The van der Waals surface area contributed by atoms with Gasteiger partial charge in [0.1, 0.15) is 5.75 Å². The number of hydrogen-bond donors (Lipinski definition) is 2. The molecule has 0 unspecified atom stereocenters. The summed E-state index contributed by atoms with van der Waals surface area (Å²) >= 11 is 18.1. The lowest BCUT2D eigenvalue weighted by molar-refractivity contribution is -0.139.